The van der Waals surface area contributed by atoms with Crippen LogP contribution in [-0.4, -0.2) is 30.5 Å². The summed E-state index contributed by atoms with van der Waals surface area (Å²) in [6.45, 7) is 6.35. The fourth-order valence-electron chi connectivity index (χ4n) is 1.49. The smallest absolute Gasteiger partial charge is 0.390 e. The predicted octanol–water partition coefficient (Wildman–Crippen LogP) is 4.80. The van der Waals surface area contributed by atoms with Crippen LogP contribution in [-0.2, 0) is 23.1 Å². The van der Waals surface area contributed by atoms with Crippen LogP contribution in [0, 0.1) is 0 Å². The summed E-state index contributed by atoms with van der Waals surface area (Å²) >= 11 is 0.893. The van der Waals surface area contributed by atoms with Gasteiger partial charge in [-0.3, -0.25) is 13.8 Å². The van der Waals surface area contributed by atoms with Crippen LogP contribution in [0.2, 0.25) is 0 Å². The van der Waals surface area contributed by atoms with E-state index in [0.29, 0.717) is 6.61 Å². The number of hydrogen-bond donors (Lipinski definition) is 0. The van der Waals surface area contributed by atoms with E-state index >= 15 is 0 Å². The highest BCUT2D eigenvalue weighted by Crippen LogP contribution is 2.62. The Morgan fingerprint density at radius 1 is 1.05 bits per heavy atom. The standard InChI is InChI=1S/C14H29O5PS/c1-6-7-8-9-10-17-14(15)11-21-20(16,18-12(2)3)19-13(4)5/h12-13H,6-11H2,1-5H3. The molecular formula is C14H29O5PS. The van der Waals surface area contributed by atoms with E-state index in [9.17, 15) is 9.36 Å². The molecule has 0 aromatic rings. The van der Waals surface area contributed by atoms with Crippen LogP contribution in [0.15, 0.2) is 0 Å². The number of esters is 1. The van der Waals surface area contributed by atoms with Gasteiger partial charge in [0.15, 0.2) is 0 Å². The van der Waals surface area contributed by atoms with Gasteiger partial charge in [-0.1, -0.05) is 26.2 Å². The third kappa shape index (κ3) is 12.2. The third-order valence-electron chi connectivity index (χ3n) is 2.28. The summed E-state index contributed by atoms with van der Waals surface area (Å²) in [6, 6.07) is 0. The second kappa shape index (κ2) is 11.5. The maximum absolute atomic E-state index is 12.5. The van der Waals surface area contributed by atoms with Crippen molar-refractivity contribution in [3.8, 4) is 0 Å². The Balaban J connectivity index is 4.11. The van der Waals surface area contributed by atoms with Crippen molar-refractivity contribution in [3.63, 3.8) is 0 Å². The Labute approximate surface area is 132 Å². The topological polar surface area (TPSA) is 61.8 Å². The van der Waals surface area contributed by atoms with E-state index in [-0.39, 0.29) is 23.9 Å². The summed E-state index contributed by atoms with van der Waals surface area (Å²) < 4.78 is 28.3. The first kappa shape index (κ1) is 21.0. The summed E-state index contributed by atoms with van der Waals surface area (Å²) in [4.78, 5) is 11.6. The summed E-state index contributed by atoms with van der Waals surface area (Å²) in [5.74, 6) is -0.402. The molecule has 0 aliphatic carbocycles. The molecule has 0 rings (SSSR count). The Morgan fingerprint density at radius 2 is 1.62 bits per heavy atom. The Bertz CT molecular complexity index is 319. The quantitative estimate of drug-likeness (QED) is 0.289. The van der Waals surface area contributed by atoms with Crippen molar-refractivity contribution in [1.29, 1.82) is 0 Å². The molecular weight excluding hydrogens is 311 g/mol. The van der Waals surface area contributed by atoms with Gasteiger partial charge in [0.05, 0.1) is 18.8 Å². The van der Waals surface area contributed by atoms with Gasteiger partial charge in [-0.05, 0) is 45.5 Å². The predicted molar refractivity (Wildman–Crippen MR) is 87.6 cm³/mol. The molecule has 0 amide bonds. The number of carbonyl (C=O) groups excluding carboxylic acids is 1. The molecule has 0 aromatic carbocycles. The van der Waals surface area contributed by atoms with Crippen LogP contribution in [0.4, 0.5) is 0 Å². The molecule has 0 radical (unpaired) electrons. The molecule has 0 spiro atoms. The first-order valence-corrected chi connectivity index (χ1v) is 10.7. The average Bonchev–Trinajstić information content (AvgIpc) is 2.34. The molecule has 0 aliphatic rings. The molecule has 0 unspecified atom stereocenters. The summed E-state index contributed by atoms with van der Waals surface area (Å²) in [5.41, 5.74) is 0. The molecule has 0 N–H and O–H groups in total. The van der Waals surface area contributed by atoms with Crippen molar-refractivity contribution in [3.05, 3.63) is 0 Å². The molecule has 7 heteroatoms. The second-order valence-electron chi connectivity index (χ2n) is 5.31. The highest BCUT2D eigenvalue weighted by atomic mass is 32.7. The van der Waals surface area contributed by atoms with Crippen LogP contribution in [0.1, 0.15) is 60.3 Å². The lowest BCUT2D eigenvalue weighted by molar-refractivity contribution is -0.140. The monoisotopic (exact) mass is 340 g/mol. The zero-order valence-electron chi connectivity index (χ0n) is 13.8. The lowest BCUT2D eigenvalue weighted by Crippen LogP contribution is -2.11. The molecule has 0 saturated heterocycles. The molecule has 0 aliphatic heterocycles. The second-order valence-corrected chi connectivity index (χ2v) is 9.29. The van der Waals surface area contributed by atoms with Crippen molar-refractivity contribution in [1.82, 2.24) is 0 Å². The fraction of sp³-hybridized carbons (Fsp3) is 0.929. The highest BCUT2D eigenvalue weighted by Gasteiger charge is 2.30. The zero-order valence-corrected chi connectivity index (χ0v) is 15.5. The Morgan fingerprint density at radius 3 is 2.10 bits per heavy atom. The van der Waals surface area contributed by atoms with Crippen molar-refractivity contribution in [2.75, 3.05) is 12.4 Å². The van der Waals surface area contributed by atoms with E-state index in [4.69, 9.17) is 13.8 Å². The van der Waals surface area contributed by atoms with Crippen LogP contribution < -0.4 is 0 Å². The Kier molecular flexibility index (Phi) is 11.5. The first-order chi connectivity index (χ1) is 9.79. The van der Waals surface area contributed by atoms with Crippen molar-refractivity contribution >= 4 is 24.1 Å². The van der Waals surface area contributed by atoms with Crippen LogP contribution >= 0.6 is 18.2 Å². The molecule has 0 saturated carbocycles. The third-order valence-corrected chi connectivity index (χ3v) is 6.17. The number of hydrogen-bond acceptors (Lipinski definition) is 6. The van der Waals surface area contributed by atoms with Gasteiger partial charge < -0.3 is 4.74 Å². The van der Waals surface area contributed by atoms with Crippen molar-refractivity contribution < 1.29 is 23.1 Å². The molecule has 126 valence electrons. The van der Waals surface area contributed by atoms with Gasteiger partial charge in [0.2, 0.25) is 0 Å². The van der Waals surface area contributed by atoms with Crippen molar-refractivity contribution in [2.24, 2.45) is 0 Å². The van der Waals surface area contributed by atoms with Crippen molar-refractivity contribution in [2.45, 2.75) is 72.5 Å². The molecule has 21 heavy (non-hydrogen) atoms. The lowest BCUT2D eigenvalue weighted by atomic mass is 10.2. The minimum absolute atomic E-state index is 0.0233. The lowest BCUT2D eigenvalue weighted by Gasteiger charge is -2.21. The molecule has 5 nitrogen and oxygen atoms in total. The highest BCUT2D eigenvalue weighted by molar-refractivity contribution is 8.55. The number of ether oxygens (including phenoxy) is 1. The minimum atomic E-state index is -3.32. The number of carbonyl (C=O) groups is 1. The van der Waals surface area contributed by atoms with E-state index in [1.54, 1.807) is 27.7 Å². The minimum Gasteiger partial charge on any atom is -0.465 e. The fourth-order valence-corrected chi connectivity index (χ4v) is 5.23. The molecule has 0 atom stereocenters. The van der Waals surface area contributed by atoms with Gasteiger partial charge in [0.25, 0.3) is 0 Å². The first-order valence-electron chi connectivity index (χ1n) is 7.56. The van der Waals surface area contributed by atoms with E-state index in [2.05, 4.69) is 6.92 Å². The van der Waals surface area contributed by atoms with Gasteiger partial charge in [0.1, 0.15) is 5.75 Å². The van der Waals surface area contributed by atoms with E-state index in [1.807, 2.05) is 0 Å². The van der Waals surface area contributed by atoms with Gasteiger partial charge >= 0.3 is 12.8 Å². The SMILES string of the molecule is CCCCCCOC(=O)CSP(=O)(OC(C)C)OC(C)C. The van der Waals surface area contributed by atoms with Gasteiger partial charge in [-0.25, -0.2) is 4.57 Å². The van der Waals surface area contributed by atoms with Crippen LogP contribution in [0.25, 0.3) is 0 Å². The molecule has 0 aromatic heterocycles. The molecule has 0 heterocycles. The van der Waals surface area contributed by atoms with Crippen LogP contribution in [0.5, 0.6) is 0 Å². The zero-order chi connectivity index (χ0) is 16.3. The summed E-state index contributed by atoms with van der Waals surface area (Å²) in [7, 11) is 0. The molecule has 0 bridgehead atoms. The van der Waals surface area contributed by atoms with E-state index in [1.165, 1.54) is 0 Å². The van der Waals surface area contributed by atoms with Gasteiger partial charge in [-0.15, -0.1) is 0 Å². The summed E-state index contributed by atoms with van der Waals surface area (Å²) in [6.07, 6.45) is 3.76. The van der Waals surface area contributed by atoms with Crippen LogP contribution in [0.3, 0.4) is 0 Å². The molecule has 0 fully saturated rings. The van der Waals surface area contributed by atoms with E-state index < -0.39 is 6.80 Å². The normalized spacial score (nSPS) is 12.1. The summed E-state index contributed by atoms with van der Waals surface area (Å²) in [5, 5.41) is 0. The maximum Gasteiger partial charge on any atom is 0.390 e. The maximum atomic E-state index is 12.5. The van der Waals surface area contributed by atoms with Gasteiger partial charge in [-0.2, -0.15) is 0 Å². The number of unbranched alkanes of at least 4 members (excludes halogenated alkanes) is 3. The van der Waals surface area contributed by atoms with E-state index in [0.717, 1.165) is 37.1 Å². The largest absolute Gasteiger partial charge is 0.465 e. The number of rotatable bonds is 12. The average molecular weight is 340 g/mol. The van der Waals surface area contributed by atoms with Gasteiger partial charge in [0, 0.05) is 0 Å². The Hall–Kier alpha value is -0.0300.